The Hall–Kier alpha value is -3.00. The Balaban J connectivity index is 1.72. The predicted octanol–water partition coefficient (Wildman–Crippen LogP) is 2.97. The molecule has 3 aromatic carbocycles. The highest BCUT2D eigenvalue weighted by Crippen LogP contribution is 2.15. The minimum absolute atomic E-state index is 0.0410. The van der Waals surface area contributed by atoms with Gasteiger partial charge >= 0.3 is 0 Å². The van der Waals surface area contributed by atoms with Crippen molar-refractivity contribution < 1.29 is 13.2 Å². The molecule has 3 N–H and O–H groups in total. The van der Waals surface area contributed by atoms with Gasteiger partial charge in [0.05, 0.1) is 11.4 Å². The summed E-state index contributed by atoms with van der Waals surface area (Å²) in [5.74, 6) is -0.233. The third kappa shape index (κ3) is 6.53. The van der Waals surface area contributed by atoms with Crippen molar-refractivity contribution in [3.05, 3.63) is 96.1 Å². The van der Waals surface area contributed by atoms with Gasteiger partial charge in [-0.15, -0.1) is 0 Å². The topological polar surface area (TPSA) is 92.5 Å². The maximum atomic E-state index is 12.6. The molecule has 0 heterocycles. The second-order valence-corrected chi connectivity index (χ2v) is 8.30. The Labute approximate surface area is 171 Å². The van der Waals surface area contributed by atoms with Crippen LogP contribution in [0.4, 0.5) is 5.69 Å². The lowest BCUT2D eigenvalue weighted by molar-refractivity contribution is -0.117. The molecule has 0 saturated carbocycles. The molecule has 0 aromatic heterocycles. The number of hydrogen-bond acceptors (Lipinski definition) is 4. The van der Waals surface area contributed by atoms with E-state index in [0.717, 1.165) is 11.1 Å². The molecule has 3 rings (SSSR count). The lowest BCUT2D eigenvalue weighted by atomic mass is 10.1. The normalized spacial score (nSPS) is 11.4. The quantitative estimate of drug-likeness (QED) is 0.598. The molecule has 0 saturated heterocycles. The van der Waals surface area contributed by atoms with Gasteiger partial charge in [0.25, 0.3) is 0 Å². The summed E-state index contributed by atoms with van der Waals surface area (Å²) < 4.78 is 23.0. The van der Waals surface area contributed by atoms with Gasteiger partial charge < -0.3 is 5.32 Å². The van der Waals surface area contributed by atoms with Crippen LogP contribution in [0.3, 0.4) is 0 Å². The van der Waals surface area contributed by atoms with Crippen molar-refractivity contribution in [3.63, 3.8) is 0 Å². The molecule has 0 aliphatic rings. The van der Waals surface area contributed by atoms with Gasteiger partial charge in [0.2, 0.25) is 15.9 Å². The maximum absolute atomic E-state index is 12.6. The van der Waals surface area contributed by atoms with Crippen LogP contribution in [0.15, 0.2) is 89.8 Å². The van der Waals surface area contributed by atoms with Gasteiger partial charge in [-0.1, -0.05) is 66.7 Å². The molecule has 0 aliphatic heterocycles. The van der Waals surface area contributed by atoms with Crippen LogP contribution in [0.1, 0.15) is 11.1 Å². The van der Waals surface area contributed by atoms with E-state index in [1.54, 1.807) is 12.1 Å². The Kier molecular flexibility index (Phi) is 6.77. The zero-order valence-electron chi connectivity index (χ0n) is 15.9. The molecular weight excluding hydrogens is 386 g/mol. The van der Waals surface area contributed by atoms with Crippen LogP contribution in [0.2, 0.25) is 0 Å². The van der Waals surface area contributed by atoms with E-state index in [0.29, 0.717) is 18.8 Å². The second-order valence-electron chi connectivity index (χ2n) is 6.74. The van der Waals surface area contributed by atoms with Crippen LogP contribution in [-0.2, 0) is 27.9 Å². The first kappa shape index (κ1) is 20.7. The molecule has 0 atom stereocenters. The lowest BCUT2D eigenvalue weighted by Crippen LogP contribution is -2.32. The fourth-order valence-electron chi connectivity index (χ4n) is 3.01. The van der Waals surface area contributed by atoms with Crippen LogP contribution in [-0.4, -0.2) is 25.8 Å². The molecule has 6 nitrogen and oxygen atoms in total. The van der Waals surface area contributed by atoms with Gasteiger partial charge in [-0.05, 0) is 29.3 Å². The molecule has 1 amide bonds. The van der Waals surface area contributed by atoms with Crippen LogP contribution >= 0.6 is 0 Å². The van der Waals surface area contributed by atoms with Crippen molar-refractivity contribution >= 4 is 21.6 Å². The molecule has 0 radical (unpaired) electrons. The van der Waals surface area contributed by atoms with E-state index in [2.05, 4.69) is 5.32 Å². The third-order valence-corrected chi connectivity index (χ3v) is 5.22. The smallest absolute Gasteiger partial charge is 0.238 e. The molecule has 150 valence electrons. The zero-order valence-corrected chi connectivity index (χ0v) is 16.7. The maximum Gasteiger partial charge on any atom is 0.238 e. The number of benzene rings is 3. The van der Waals surface area contributed by atoms with E-state index >= 15 is 0 Å². The largest absolute Gasteiger partial charge is 0.325 e. The number of hydrogen-bond donors (Lipinski definition) is 2. The minimum Gasteiger partial charge on any atom is -0.325 e. The summed E-state index contributed by atoms with van der Waals surface area (Å²) in [4.78, 5) is 14.6. The number of carbonyl (C=O) groups excluding carboxylic acids is 1. The second kappa shape index (κ2) is 9.47. The first-order valence-electron chi connectivity index (χ1n) is 9.13. The van der Waals surface area contributed by atoms with E-state index in [-0.39, 0.29) is 17.3 Å². The van der Waals surface area contributed by atoms with Gasteiger partial charge in [0, 0.05) is 18.8 Å². The van der Waals surface area contributed by atoms with Crippen LogP contribution < -0.4 is 10.5 Å². The van der Waals surface area contributed by atoms with Gasteiger partial charge in [0.15, 0.2) is 0 Å². The molecule has 0 aliphatic carbocycles. The Morgan fingerprint density at radius 3 is 1.90 bits per heavy atom. The molecule has 0 spiro atoms. The summed E-state index contributed by atoms with van der Waals surface area (Å²) in [6, 6.07) is 25.8. The molecular formula is C22H23N3O3S. The standard InChI is InChI=1S/C22H23N3O3S/c23-29(27,28)21-13-7-12-20(14-21)24-22(26)17-25(15-18-8-3-1-4-9-18)16-19-10-5-2-6-11-19/h1-14H,15-17H2,(H,24,26)(H2,23,27,28). The van der Waals surface area contributed by atoms with Crippen LogP contribution in [0, 0.1) is 0 Å². The van der Waals surface area contributed by atoms with Crippen molar-refractivity contribution in [3.8, 4) is 0 Å². The monoisotopic (exact) mass is 409 g/mol. The van der Waals surface area contributed by atoms with E-state index < -0.39 is 10.0 Å². The van der Waals surface area contributed by atoms with Gasteiger partial charge in [-0.2, -0.15) is 0 Å². The van der Waals surface area contributed by atoms with Crippen molar-refractivity contribution in [1.29, 1.82) is 0 Å². The first-order chi connectivity index (χ1) is 13.9. The van der Waals surface area contributed by atoms with Gasteiger partial charge in [-0.25, -0.2) is 13.6 Å². The number of nitrogens with zero attached hydrogens (tertiary/aromatic N) is 1. The lowest BCUT2D eigenvalue weighted by Gasteiger charge is -2.22. The molecule has 7 heteroatoms. The Morgan fingerprint density at radius 1 is 0.828 bits per heavy atom. The highest BCUT2D eigenvalue weighted by molar-refractivity contribution is 7.89. The van der Waals surface area contributed by atoms with Crippen LogP contribution in [0.25, 0.3) is 0 Å². The summed E-state index contributed by atoms with van der Waals surface area (Å²) in [5.41, 5.74) is 2.60. The highest BCUT2D eigenvalue weighted by atomic mass is 32.2. The van der Waals surface area contributed by atoms with Gasteiger partial charge in [0.1, 0.15) is 0 Å². The average molecular weight is 410 g/mol. The fraction of sp³-hybridized carbons (Fsp3) is 0.136. The average Bonchev–Trinajstić information content (AvgIpc) is 2.69. The number of carbonyl (C=O) groups is 1. The summed E-state index contributed by atoms with van der Waals surface area (Å²) in [7, 11) is -3.83. The number of primary sulfonamides is 1. The number of sulfonamides is 1. The minimum atomic E-state index is -3.83. The molecule has 3 aromatic rings. The molecule has 0 bridgehead atoms. The van der Waals surface area contributed by atoms with E-state index in [4.69, 9.17) is 5.14 Å². The van der Waals surface area contributed by atoms with E-state index in [1.165, 1.54) is 12.1 Å². The number of rotatable bonds is 8. The third-order valence-electron chi connectivity index (χ3n) is 4.31. The highest BCUT2D eigenvalue weighted by Gasteiger charge is 2.14. The Bertz CT molecular complexity index is 1010. The number of anilines is 1. The van der Waals surface area contributed by atoms with E-state index in [9.17, 15) is 13.2 Å². The first-order valence-corrected chi connectivity index (χ1v) is 10.7. The SMILES string of the molecule is NS(=O)(=O)c1cccc(NC(=O)CN(Cc2ccccc2)Cc2ccccc2)c1. The van der Waals surface area contributed by atoms with Crippen molar-refractivity contribution in [2.45, 2.75) is 18.0 Å². The fourth-order valence-corrected chi connectivity index (χ4v) is 3.56. The summed E-state index contributed by atoms with van der Waals surface area (Å²) in [6.07, 6.45) is 0. The van der Waals surface area contributed by atoms with Crippen LogP contribution in [0.5, 0.6) is 0 Å². The van der Waals surface area contributed by atoms with Crippen molar-refractivity contribution in [2.24, 2.45) is 5.14 Å². The molecule has 29 heavy (non-hydrogen) atoms. The number of nitrogens with two attached hydrogens (primary N) is 1. The summed E-state index contributed by atoms with van der Waals surface area (Å²) in [6.45, 7) is 1.38. The summed E-state index contributed by atoms with van der Waals surface area (Å²) in [5, 5.41) is 7.92. The van der Waals surface area contributed by atoms with Gasteiger partial charge in [-0.3, -0.25) is 9.69 Å². The zero-order chi connectivity index (χ0) is 20.7. The Morgan fingerprint density at radius 2 is 1.38 bits per heavy atom. The van der Waals surface area contributed by atoms with E-state index in [1.807, 2.05) is 65.6 Å². The van der Waals surface area contributed by atoms with Crippen molar-refractivity contribution in [1.82, 2.24) is 4.90 Å². The molecule has 0 unspecified atom stereocenters. The number of nitrogens with one attached hydrogen (secondary N) is 1. The summed E-state index contributed by atoms with van der Waals surface area (Å²) >= 11 is 0. The number of amides is 1. The van der Waals surface area contributed by atoms with Crippen molar-refractivity contribution in [2.75, 3.05) is 11.9 Å². The predicted molar refractivity (Wildman–Crippen MR) is 113 cm³/mol. The molecule has 0 fully saturated rings.